The van der Waals surface area contributed by atoms with Gasteiger partial charge in [0.2, 0.25) is 0 Å². The highest BCUT2D eigenvalue weighted by Crippen LogP contribution is 2.28. The van der Waals surface area contributed by atoms with Gasteiger partial charge in [0.1, 0.15) is 11.3 Å². The molecule has 9 heteroatoms. The fraction of sp³-hybridized carbons (Fsp3) is 0.0455. The minimum atomic E-state index is -0.452. The third kappa shape index (κ3) is 3.76. The number of pyridine rings is 1. The number of rotatable bonds is 5. The molecule has 152 valence electrons. The maximum Gasteiger partial charge on any atom is 0.251 e. The van der Waals surface area contributed by atoms with Gasteiger partial charge in [-0.1, -0.05) is 6.07 Å². The molecule has 0 aliphatic rings. The van der Waals surface area contributed by atoms with E-state index in [9.17, 15) is 9.18 Å². The minimum absolute atomic E-state index is 0.254. The Kier molecular flexibility index (Phi) is 4.68. The van der Waals surface area contributed by atoms with Crippen LogP contribution in [0, 0.1) is 5.82 Å². The van der Waals surface area contributed by atoms with Gasteiger partial charge in [0.15, 0.2) is 5.65 Å². The Morgan fingerprint density at radius 3 is 2.84 bits per heavy atom. The van der Waals surface area contributed by atoms with Gasteiger partial charge in [0.25, 0.3) is 5.91 Å². The van der Waals surface area contributed by atoms with Crippen molar-refractivity contribution in [3.8, 4) is 22.4 Å². The Labute approximate surface area is 175 Å². The smallest absolute Gasteiger partial charge is 0.251 e. The number of nitrogens with one attached hydrogen (secondary N) is 3. The molecular weight excluding hydrogens is 397 g/mol. The van der Waals surface area contributed by atoms with Crippen LogP contribution in [-0.2, 0) is 6.54 Å². The zero-order valence-corrected chi connectivity index (χ0v) is 16.1. The SMILES string of the molecule is O=C(NCc1cncc(-c2c[nH]c3ncc(-c4cn[nH]c4)nc23)c1)c1cccc(F)c1. The number of aromatic amines is 2. The number of benzene rings is 1. The summed E-state index contributed by atoms with van der Waals surface area (Å²) < 4.78 is 13.3. The fourth-order valence-corrected chi connectivity index (χ4v) is 3.29. The predicted molar refractivity (Wildman–Crippen MR) is 112 cm³/mol. The number of fused-ring (bicyclic) bond motifs is 1. The lowest BCUT2D eigenvalue weighted by molar-refractivity contribution is 0.0950. The summed E-state index contributed by atoms with van der Waals surface area (Å²) in [7, 11) is 0. The molecule has 8 nitrogen and oxygen atoms in total. The third-order valence-corrected chi connectivity index (χ3v) is 4.82. The predicted octanol–water partition coefficient (Wildman–Crippen LogP) is 3.48. The minimum Gasteiger partial charge on any atom is -0.348 e. The topological polar surface area (TPSA) is 112 Å². The van der Waals surface area contributed by atoms with Crippen molar-refractivity contribution < 1.29 is 9.18 Å². The molecule has 5 aromatic rings. The number of carbonyl (C=O) groups is 1. The van der Waals surface area contributed by atoms with Gasteiger partial charge < -0.3 is 10.3 Å². The molecule has 5 rings (SSSR count). The van der Waals surface area contributed by atoms with Crippen molar-refractivity contribution in [2.75, 3.05) is 0 Å². The van der Waals surface area contributed by atoms with Gasteiger partial charge in [-0.15, -0.1) is 0 Å². The Bertz CT molecular complexity index is 1380. The normalized spacial score (nSPS) is 11.0. The molecule has 0 unspecified atom stereocenters. The Balaban J connectivity index is 1.40. The summed E-state index contributed by atoms with van der Waals surface area (Å²) in [6.45, 7) is 0.254. The van der Waals surface area contributed by atoms with Crippen LogP contribution in [0.3, 0.4) is 0 Å². The van der Waals surface area contributed by atoms with E-state index in [1.165, 1.54) is 18.2 Å². The van der Waals surface area contributed by atoms with Gasteiger partial charge in [-0.3, -0.25) is 14.9 Å². The largest absolute Gasteiger partial charge is 0.348 e. The van der Waals surface area contributed by atoms with Crippen LogP contribution in [-0.4, -0.2) is 36.0 Å². The molecule has 0 fully saturated rings. The number of carbonyl (C=O) groups excluding carboxylic acids is 1. The lowest BCUT2D eigenvalue weighted by atomic mass is 10.1. The molecule has 1 amide bonds. The van der Waals surface area contributed by atoms with Crippen molar-refractivity contribution in [1.82, 2.24) is 35.5 Å². The van der Waals surface area contributed by atoms with Gasteiger partial charge in [-0.25, -0.2) is 14.4 Å². The summed E-state index contributed by atoms with van der Waals surface area (Å²) in [5.41, 5.74) is 5.66. The highest BCUT2D eigenvalue weighted by atomic mass is 19.1. The maximum atomic E-state index is 13.3. The van der Waals surface area contributed by atoms with Crippen LogP contribution in [0.4, 0.5) is 4.39 Å². The second-order valence-corrected chi connectivity index (χ2v) is 6.92. The van der Waals surface area contributed by atoms with Gasteiger partial charge in [0.05, 0.1) is 18.1 Å². The summed E-state index contributed by atoms with van der Waals surface area (Å²) in [5.74, 6) is -0.806. The van der Waals surface area contributed by atoms with Crippen LogP contribution in [0.1, 0.15) is 15.9 Å². The Hall–Kier alpha value is -4.40. The number of nitrogens with zero attached hydrogens (tertiary/aromatic N) is 4. The molecular formula is C22H16FN7O. The molecule has 0 saturated heterocycles. The summed E-state index contributed by atoms with van der Waals surface area (Å²) in [6.07, 6.45) is 10.4. The van der Waals surface area contributed by atoms with Crippen LogP contribution >= 0.6 is 0 Å². The monoisotopic (exact) mass is 413 g/mol. The number of halogens is 1. The van der Waals surface area contributed by atoms with E-state index >= 15 is 0 Å². The molecule has 0 spiro atoms. The standard InChI is InChI=1S/C22H16FN7O/c23-17-3-1-2-14(5-17)22(31)27-7-13-4-15(8-24-6-13)18-11-25-21-20(18)30-19(12-26-21)16-9-28-29-10-16/h1-6,8-12H,7H2,(H,25,26)(H,27,31)(H,28,29). The van der Waals surface area contributed by atoms with E-state index in [0.717, 1.165) is 22.3 Å². The molecule has 31 heavy (non-hydrogen) atoms. The zero-order valence-electron chi connectivity index (χ0n) is 16.1. The maximum absolute atomic E-state index is 13.3. The van der Waals surface area contributed by atoms with Crippen molar-refractivity contribution in [2.45, 2.75) is 6.54 Å². The molecule has 4 heterocycles. The molecule has 3 N–H and O–H groups in total. The van der Waals surface area contributed by atoms with Crippen LogP contribution < -0.4 is 5.32 Å². The van der Waals surface area contributed by atoms with Gasteiger partial charge in [-0.2, -0.15) is 5.10 Å². The molecule has 0 aliphatic carbocycles. The number of hydrogen-bond donors (Lipinski definition) is 3. The Morgan fingerprint density at radius 2 is 2.00 bits per heavy atom. The lowest BCUT2D eigenvalue weighted by Gasteiger charge is -2.07. The average molecular weight is 413 g/mol. The summed E-state index contributed by atoms with van der Waals surface area (Å²) >= 11 is 0. The van der Waals surface area contributed by atoms with Crippen LogP contribution in [0.2, 0.25) is 0 Å². The first-order valence-corrected chi connectivity index (χ1v) is 9.49. The number of amides is 1. The van der Waals surface area contributed by atoms with Gasteiger partial charge in [-0.05, 0) is 29.8 Å². The second-order valence-electron chi connectivity index (χ2n) is 6.92. The van der Waals surface area contributed by atoms with Gasteiger partial charge in [0, 0.05) is 53.6 Å². The quantitative estimate of drug-likeness (QED) is 0.408. The molecule has 0 bridgehead atoms. The number of aromatic nitrogens is 6. The zero-order chi connectivity index (χ0) is 21.2. The van der Waals surface area contributed by atoms with Gasteiger partial charge >= 0.3 is 0 Å². The lowest BCUT2D eigenvalue weighted by Crippen LogP contribution is -2.22. The van der Waals surface area contributed by atoms with E-state index in [4.69, 9.17) is 4.98 Å². The van der Waals surface area contributed by atoms with Crippen LogP contribution in [0.5, 0.6) is 0 Å². The first-order chi connectivity index (χ1) is 15.2. The molecule has 0 atom stereocenters. The van der Waals surface area contributed by atoms with E-state index in [1.807, 2.05) is 12.3 Å². The first kappa shape index (κ1) is 18.6. The second kappa shape index (κ2) is 7.79. The molecule has 0 radical (unpaired) electrons. The third-order valence-electron chi connectivity index (χ3n) is 4.82. The molecule has 4 aromatic heterocycles. The van der Waals surface area contributed by atoms with Crippen LogP contribution in [0.15, 0.2) is 67.5 Å². The van der Waals surface area contributed by atoms with E-state index in [0.29, 0.717) is 16.9 Å². The van der Waals surface area contributed by atoms with E-state index < -0.39 is 5.82 Å². The summed E-state index contributed by atoms with van der Waals surface area (Å²) in [4.78, 5) is 28.9. The fourth-order valence-electron chi connectivity index (χ4n) is 3.29. The highest BCUT2D eigenvalue weighted by Gasteiger charge is 2.13. The van der Waals surface area contributed by atoms with Crippen molar-refractivity contribution in [3.63, 3.8) is 0 Å². The Morgan fingerprint density at radius 1 is 1.06 bits per heavy atom. The van der Waals surface area contributed by atoms with E-state index in [-0.39, 0.29) is 18.0 Å². The molecule has 0 aliphatic heterocycles. The highest BCUT2D eigenvalue weighted by molar-refractivity contribution is 5.94. The number of H-pyrrole nitrogens is 2. The number of hydrogen-bond acceptors (Lipinski definition) is 5. The van der Waals surface area contributed by atoms with Crippen molar-refractivity contribution in [3.05, 3.63) is 84.5 Å². The van der Waals surface area contributed by atoms with Crippen molar-refractivity contribution in [1.29, 1.82) is 0 Å². The van der Waals surface area contributed by atoms with Crippen molar-refractivity contribution in [2.24, 2.45) is 0 Å². The summed E-state index contributed by atoms with van der Waals surface area (Å²) in [5, 5.41) is 9.51. The summed E-state index contributed by atoms with van der Waals surface area (Å²) in [6, 6.07) is 7.49. The first-order valence-electron chi connectivity index (χ1n) is 9.49. The van der Waals surface area contributed by atoms with E-state index in [1.54, 1.807) is 37.1 Å². The molecule has 0 saturated carbocycles. The van der Waals surface area contributed by atoms with Crippen LogP contribution in [0.25, 0.3) is 33.5 Å². The van der Waals surface area contributed by atoms with E-state index in [2.05, 4.69) is 30.5 Å². The molecule has 1 aromatic carbocycles. The average Bonchev–Trinajstić information content (AvgIpc) is 3.47. The van der Waals surface area contributed by atoms with Crippen molar-refractivity contribution >= 4 is 17.1 Å².